The average Bonchev–Trinajstić information content (AvgIpc) is 2.39. The van der Waals surface area contributed by atoms with Gasteiger partial charge in [0.15, 0.2) is 0 Å². The third-order valence-electron chi connectivity index (χ3n) is 1.94. The number of aromatic amines is 1. The molecule has 0 radical (unpaired) electrons. The summed E-state index contributed by atoms with van der Waals surface area (Å²) < 4.78 is 1.50. The molecule has 0 bridgehead atoms. The average molecular weight is 198 g/mol. The van der Waals surface area contributed by atoms with E-state index in [0.29, 0.717) is 19.4 Å². The fourth-order valence-electron chi connectivity index (χ4n) is 1.28. The van der Waals surface area contributed by atoms with Crippen LogP contribution in [0.1, 0.15) is 25.0 Å². The number of rotatable bonds is 5. The normalized spacial score (nSPS) is 10.4. The summed E-state index contributed by atoms with van der Waals surface area (Å²) in [4.78, 5) is 21.4. The van der Waals surface area contributed by atoms with Crippen molar-refractivity contribution in [3.63, 3.8) is 0 Å². The molecule has 0 aliphatic heterocycles. The second-order valence-corrected chi connectivity index (χ2v) is 3.28. The van der Waals surface area contributed by atoms with Crippen LogP contribution in [-0.2, 0) is 11.3 Å². The minimum atomic E-state index is -0.792. The van der Waals surface area contributed by atoms with Crippen LogP contribution in [0, 0.1) is 6.92 Å². The molecule has 0 spiro atoms. The highest BCUT2D eigenvalue weighted by atomic mass is 16.4. The zero-order valence-electron chi connectivity index (χ0n) is 8.12. The van der Waals surface area contributed by atoms with Crippen molar-refractivity contribution in [1.29, 1.82) is 0 Å². The fourth-order valence-corrected chi connectivity index (χ4v) is 1.28. The lowest BCUT2D eigenvalue weighted by Gasteiger charge is -1.99. The molecular weight excluding hydrogens is 184 g/mol. The van der Waals surface area contributed by atoms with Crippen molar-refractivity contribution in [2.24, 2.45) is 0 Å². The van der Waals surface area contributed by atoms with Crippen LogP contribution in [0.25, 0.3) is 0 Å². The molecule has 1 aromatic rings. The summed E-state index contributed by atoms with van der Waals surface area (Å²) in [6.07, 6.45) is 1.46. The number of nitrogens with zero attached hydrogens (tertiary/aromatic N) is 1. The fraction of sp³-hybridized carbons (Fsp3) is 0.556. The SMILES string of the molecule is Cc1cc(=O)n(CCCCC(=O)O)[nH]1. The summed E-state index contributed by atoms with van der Waals surface area (Å²) >= 11 is 0. The van der Waals surface area contributed by atoms with E-state index in [1.165, 1.54) is 10.7 Å². The van der Waals surface area contributed by atoms with Gasteiger partial charge in [-0.2, -0.15) is 0 Å². The molecule has 1 rings (SSSR count). The van der Waals surface area contributed by atoms with Crippen LogP contribution in [0.2, 0.25) is 0 Å². The Morgan fingerprint density at radius 3 is 2.79 bits per heavy atom. The highest BCUT2D eigenvalue weighted by Gasteiger charge is 2.00. The first-order chi connectivity index (χ1) is 6.59. The van der Waals surface area contributed by atoms with Gasteiger partial charge in [0.05, 0.1) is 0 Å². The summed E-state index contributed by atoms with van der Waals surface area (Å²) in [5.74, 6) is -0.792. The van der Waals surface area contributed by atoms with Gasteiger partial charge in [0, 0.05) is 24.7 Å². The molecule has 0 aliphatic rings. The topological polar surface area (TPSA) is 75.1 Å². The maximum absolute atomic E-state index is 11.2. The lowest BCUT2D eigenvalue weighted by molar-refractivity contribution is -0.137. The third-order valence-corrected chi connectivity index (χ3v) is 1.94. The van der Waals surface area contributed by atoms with Crippen molar-refractivity contribution >= 4 is 5.97 Å². The quantitative estimate of drug-likeness (QED) is 0.685. The standard InChI is InChI=1S/C9H14N2O3/c1-7-6-8(12)11(10-7)5-3-2-4-9(13)14/h6,10H,2-5H2,1H3,(H,13,14). The molecule has 0 saturated carbocycles. The molecule has 14 heavy (non-hydrogen) atoms. The number of hydrogen-bond acceptors (Lipinski definition) is 2. The van der Waals surface area contributed by atoms with Crippen LogP contribution in [0.5, 0.6) is 0 Å². The molecule has 1 aromatic heterocycles. The summed E-state index contributed by atoms with van der Waals surface area (Å²) in [7, 11) is 0. The van der Waals surface area contributed by atoms with E-state index >= 15 is 0 Å². The number of hydrogen-bond donors (Lipinski definition) is 2. The summed E-state index contributed by atoms with van der Waals surface area (Å²) in [6, 6.07) is 1.52. The summed E-state index contributed by atoms with van der Waals surface area (Å²) in [6.45, 7) is 2.37. The van der Waals surface area contributed by atoms with Crippen LogP contribution in [0.15, 0.2) is 10.9 Å². The van der Waals surface area contributed by atoms with Crippen LogP contribution >= 0.6 is 0 Å². The number of aromatic nitrogens is 2. The van der Waals surface area contributed by atoms with E-state index in [-0.39, 0.29) is 12.0 Å². The molecule has 0 saturated heterocycles. The maximum Gasteiger partial charge on any atom is 0.303 e. The van der Waals surface area contributed by atoms with E-state index < -0.39 is 5.97 Å². The molecule has 1 heterocycles. The van der Waals surface area contributed by atoms with Gasteiger partial charge in [-0.25, -0.2) is 0 Å². The van der Waals surface area contributed by atoms with Crippen molar-refractivity contribution in [2.45, 2.75) is 32.7 Å². The third kappa shape index (κ3) is 3.08. The van der Waals surface area contributed by atoms with E-state index in [1.807, 2.05) is 6.92 Å². The van der Waals surface area contributed by atoms with Gasteiger partial charge in [0.1, 0.15) is 0 Å². The first-order valence-electron chi connectivity index (χ1n) is 4.58. The zero-order valence-corrected chi connectivity index (χ0v) is 8.12. The minimum Gasteiger partial charge on any atom is -0.481 e. The van der Waals surface area contributed by atoms with E-state index in [4.69, 9.17) is 5.11 Å². The number of aryl methyl sites for hydroxylation is 2. The number of aliphatic carboxylic acids is 1. The largest absolute Gasteiger partial charge is 0.481 e. The molecule has 0 aliphatic carbocycles. The van der Waals surface area contributed by atoms with Gasteiger partial charge in [-0.1, -0.05) is 0 Å². The predicted octanol–water partition coefficient (Wildman–Crippen LogP) is 0.740. The van der Waals surface area contributed by atoms with Crippen molar-refractivity contribution in [3.05, 3.63) is 22.1 Å². The van der Waals surface area contributed by atoms with Gasteiger partial charge in [-0.3, -0.25) is 14.3 Å². The first kappa shape index (κ1) is 10.6. The van der Waals surface area contributed by atoms with Crippen LogP contribution in [0.3, 0.4) is 0 Å². The van der Waals surface area contributed by atoms with Crippen molar-refractivity contribution < 1.29 is 9.90 Å². The Hall–Kier alpha value is -1.52. The number of unbranched alkanes of at least 4 members (excludes halogenated alkanes) is 1. The Morgan fingerprint density at radius 2 is 2.29 bits per heavy atom. The molecule has 0 amide bonds. The summed E-state index contributed by atoms with van der Waals surface area (Å²) in [5, 5.41) is 11.3. The predicted molar refractivity (Wildman–Crippen MR) is 51.3 cm³/mol. The Kier molecular flexibility index (Phi) is 3.50. The Balaban J connectivity index is 2.35. The molecule has 0 fully saturated rings. The molecule has 78 valence electrons. The van der Waals surface area contributed by atoms with Gasteiger partial charge in [0.25, 0.3) is 5.56 Å². The van der Waals surface area contributed by atoms with Crippen molar-refractivity contribution in [2.75, 3.05) is 0 Å². The summed E-state index contributed by atoms with van der Waals surface area (Å²) in [5.41, 5.74) is 0.769. The van der Waals surface area contributed by atoms with Gasteiger partial charge >= 0.3 is 5.97 Å². The van der Waals surface area contributed by atoms with Crippen LogP contribution in [0.4, 0.5) is 0 Å². The smallest absolute Gasteiger partial charge is 0.303 e. The number of carbonyl (C=O) groups is 1. The lowest BCUT2D eigenvalue weighted by atomic mass is 10.2. The maximum atomic E-state index is 11.2. The number of H-pyrrole nitrogens is 1. The molecule has 0 atom stereocenters. The van der Waals surface area contributed by atoms with Gasteiger partial charge in [-0.05, 0) is 19.8 Å². The molecule has 2 N–H and O–H groups in total. The first-order valence-corrected chi connectivity index (χ1v) is 4.58. The van der Waals surface area contributed by atoms with Gasteiger partial charge in [0.2, 0.25) is 0 Å². The highest BCUT2D eigenvalue weighted by molar-refractivity contribution is 5.66. The lowest BCUT2D eigenvalue weighted by Crippen LogP contribution is -2.16. The highest BCUT2D eigenvalue weighted by Crippen LogP contribution is 1.97. The van der Waals surface area contributed by atoms with Gasteiger partial charge in [-0.15, -0.1) is 0 Å². The second-order valence-electron chi connectivity index (χ2n) is 3.28. The van der Waals surface area contributed by atoms with Gasteiger partial charge < -0.3 is 10.2 Å². The number of nitrogens with one attached hydrogen (secondary N) is 1. The molecule has 0 unspecified atom stereocenters. The second kappa shape index (κ2) is 4.64. The zero-order chi connectivity index (χ0) is 10.6. The number of carboxylic acid groups (broad SMARTS) is 1. The van der Waals surface area contributed by atoms with Crippen LogP contribution < -0.4 is 5.56 Å². The Morgan fingerprint density at radius 1 is 1.57 bits per heavy atom. The Labute approximate surface area is 81.3 Å². The van der Waals surface area contributed by atoms with Crippen molar-refractivity contribution in [3.8, 4) is 0 Å². The molecule has 0 aromatic carbocycles. The molecular formula is C9H14N2O3. The molecule has 5 heteroatoms. The van der Waals surface area contributed by atoms with Crippen LogP contribution in [-0.4, -0.2) is 20.9 Å². The van der Waals surface area contributed by atoms with E-state index in [1.54, 1.807) is 0 Å². The van der Waals surface area contributed by atoms with E-state index in [2.05, 4.69) is 5.10 Å². The van der Waals surface area contributed by atoms with E-state index in [0.717, 1.165) is 5.69 Å². The number of carboxylic acids is 1. The van der Waals surface area contributed by atoms with E-state index in [9.17, 15) is 9.59 Å². The monoisotopic (exact) mass is 198 g/mol. The van der Waals surface area contributed by atoms with Crippen molar-refractivity contribution in [1.82, 2.24) is 9.78 Å². The Bertz CT molecular complexity index is 364. The molecule has 5 nitrogen and oxygen atoms in total. The minimum absolute atomic E-state index is 0.0576.